The van der Waals surface area contributed by atoms with Gasteiger partial charge in [0, 0.05) is 13.5 Å². The molecule has 4 nitrogen and oxygen atoms in total. The predicted octanol–water partition coefficient (Wildman–Crippen LogP) is 0.623. The van der Waals surface area contributed by atoms with Crippen LogP contribution in [0.15, 0.2) is 0 Å². The lowest BCUT2D eigenvalue weighted by atomic mass is 10.0. The van der Waals surface area contributed by atoms with Gasteiger partial charge in [0.2, 0.25) is 5.91 Å². The van der Waals surface area contributed by atoms with Crippen LogP contribution in [0.25, 0.3) is 0 Å². The van der Waals surface area contributed by atoms with Gasteiger partial charge in [0.25, 0.3) is 0 Å². The van der Waals surface area contributed by atoms with Crippen LogP contribution in [0.1, 0.15) is 26.2 Å². The van der Waals surface area contributed by atoms with E-state index >= 15 is 0 Å². The molecule has 1 amide bonds. The molecule has 0 bridgehead atoms. The molecule has 0 radical (unpaired) electrons. The molecular weight excluding hydrogens is 170 g/mol. The summed E-state index contributed by atoms with van der Waals surface area (Å²) in [4.78, 5) is 21.3. The summed E-state index contributed by atoms with van der Waals surface area (Å²) in [6, 6.07) is 0. The highest BCUT2D eigenvalue weighted by molar-refractivity contribution is 5.75. The molecule has 1 atom stereocenters. The third-order valence-electron chi connectivity index (χ3n) is 2.26. The van der Waals surface area contributed by atoms with Crippen LogP contribution in [-0.2, 0) is 9.59 Å². The van der Waals surface area contributed by atoms with Gasteiger partial charge in [0.15, 0.2) is 0 Å². The Morgan fingerprint density at radius 2 is 2.15 bits per heavy atom. The zero-order valence-corrected chi connectivity index (χ0v) is 7.75. The Morgan fingerprint density at radius 3 is 2.54 bits per heavy atom. The van der Waals surface area contributed by atoms with Crippen molar-refractivity contribution in [3.05, 3.63) is 0 Å². The Hall–Kier alpha value is -1.06. The highest BCUT2D eigenvalue weighted by atomic mass is 16.4. The number of amides is 1. The fraction of sp³-hybridized carbons (Fsp3) is 0.778. The van der Waals surface area contributed by atoms with E-state index < -0.39 is 11.9 Å². The maximum absolute atomic E-state index is 10.7. The van der Waals surface area contributed by atoms with Gasteiger partial charge in [-0.25, -0.2) is 0 Å². The summed E-state index contributed by atoms with van der Waals surface area (Å²) in [5.74, 6) is -0.797. The topological polar surface area (TPSA) is 66.4 Å². The first kappa shape index (κ1) is 10.0. The van der Waals surface area contributed by atoms with Crippen molar-refractivity contribution < 1.29 is 14.7 Å². The number of rotatable bonds is 5. The monoisotopic (exact) mass is 185 g/mol. The molecule has 74 valence electrons. The van der Waals surface area contributed by atoms with Crippen molar-refractivity contribution in [1.82, 2.24) is 5.32 Å². The molecular formula is C9H15NO3. The van der Waals surface area contributed by atoms with E-state index in [0.29, 0.717) is 12.3 Å². The van der Waals surface area contributed by atoms with Crippen LogP contribution in [-0.4, -0.2) is 23.5 Å². The Balaban J connectivity index is 2.28. The molecule has 1 aliphatic rings. The van der Waals surface area contributed by atoms with Crippen molar-refractivity contribution in [2.24, 2.45) is 11.8 Å². The largest absolute Gasteiger partial charge is 0.481 e. The van der Waals surface area contributed by atoms with Crippen molar-refractivity contribution in [2.45, 2.75) is 26.2 Å². The van der Waals surface area contributed by atoms with E-state index in [1.54, 1.807) is 0 Å². The molecule has 0 aliphatic heterocycles. The highest BCUT2D eigenvalue weighted by Crippen LogP contribution is 2.35. The second kappa shape index (κ2) is 4.25. The maximum Gasteiger partial charge on any atom is 0.308 e. The van der Waals surface area contributed by atoms with Gasteiger partial charge in [-0.15, -0.1) is 0 Å². The van der Waals surface area contributed by atoms with Gasteiger partial charge < -0.3 is 10.4 Å². The molecule has 0 heterocycles. The van der Waals surface area contributed by atoms with Gasteiger partial charge in [-0.05, 0) is 12.3 Å². The Labute approximate surface area is 77.3 Å². The molecule has 0 aromatic heterocycles. The number of hydrogen-bond acceptors (Lipinski definition) is 2. The smallest absolute Gasteiger partial charge is 0.308 e. The van der Waals surface area contributed by atoms with Crippen LogP contribution in [0.5, 0.6) is 0 Å². The number of carbonyl (C=O) groups is 2. The van der Waals surface area contributed by atoms with Crippen molar-refractivity contribution in [2.75, 3.05) is 6.54 Å². The number of nitrogens with one attached hydrogen (secondary N) is 1. The van der Waals surface area contributed by atoms with E-state index in [4.69, 9.17) is 5.11 Å². The van der Waals surface area contributed by atoms with Crippen molar-refractivity contribution in [3.8, 4) is 0 Å². The van der Waals surface area contributed by atoms with E-state index in [1.807, 2.05) is 0 Å². The fourth-order valence-corrected chi connectivity index (χ4v) is 1.29. The molecule has 1 saturated carbocycles. The molecule has 13 heavy (non-hydrogen) atoms. The fourth-order valence-electron chi connectivity index (χ4n) is 1.29. The molecule has 0 saturated heterocycles. The molecule has 4 heteroatoms. The van der Waals surface area contributed by atoms with Gasteiger partial charge in [0.1, 0.15) is 0 Å². The third-order valence-corrected chi connectivity index (χ3v) is 2.26. The average molecular weight is 185 g/mol. The minimum absolute atomic E-state index is 0.165. The van der Waals surface area contributed by atoms with E-state index in [0.717, 1.165) is 12.8 Å². The molecule has 1 aliphatic carbocycles. The van der Waals surface area contributed by atoms with E-state index in [1.165, 1.54) is 6.92 Å². The SMILES string of the molecule is CC(=O)NCC(CC1CC1)C(=O)O. The zero-order chi connectivity index (χ0) is 9.84. The van der Waals surface area contributed by atoms with Gasteiger partial charge in [-0.2, -0.15) is 0 Å². The lowest BCUT2D eigenvalue weighted by Gasteiger charge is -2.11. The minimum Gasteiger partial charge on any atom is -0.481 e. The molecule has 0 aromatic carbocycles. The van der Waals surface area contributed by atoms with Crippen molar-refractivity contribution >= 4 is 11.9 Å². The van der Waals surface area contributed by atoms with Crippen LogP contribution in [0.3, 0.4) is 0 Å². The molecule has 0 spiro atoms. The van der Waals surface area contributed by atoms with Crippen LogP contribution >= 0.6 is 0 Å². The first-order valence-electron chi connectivity index (χ1n) is 4.57. The molecule has 2 N–H and O–H groups in total. The van der Waals surface area contributed by atoms with E-state index in [9.17, 15) is 9.59 Å². The maximum atomic E-state index is 10.7. The summed E-state index contributed by atoms with van der Waals surface area (Å²) in [5.41, 5.74) is 0. The molecule has 1 rings (SSSR count). The lowest BCUT2D eigenvalue weighted by Crippen LogP contribution is -2.31. The molecule has 1 fully saturated rings. The Kier molecular flexibility index (Phi) is 3.28. The summed E-state index contributed by atoms with van der Waals surface area (Å²) in [6.07, 6.45) is 2.99. The van der Waals surface area contributed by atoms with Crippen LogP contribution in [0, 0.1) is 11.8 Å². The third kappa shape index (κ3) is 3.92. The van der Waals surface area contributed by atoms with E-state index in [2.05, 4.69) is 5.32 Å². The standard InChI is InChI=1S/C9H15NO3/c1-6(11)10-5-8(9(12)13)4-7-2-3-7/h7-8H,2-5H2,1H3,(H,10,11)(H,12,13). The van der Waals surface area contributed by atoms with Crippen LogP contribution < -0.4 is 5.32 Å². The number of carboxylic acids is 1. The van der Waals surface area contributed by atoms with E-state index in [-0.39, 0.29) is 12.5 Å². The lowest BCUT2D eigenvalue weighted by molar-refractivity contribution is -0.142. The highest BCUT2D eigenvalue weighted by Gasteiger charge is 2.29. The van der Waals surface area contributed by atoms with Crippen LogP contribution in [0.2, 0.25) is 0 Å². The zero-order valence-electron chi connectivity index (χ0n) is 7.75. The second-order valence-electron chi connectivity index (χ2n) is 3.65. The Morgan fingerprint density at radius 1 is 1.54 bits per heavy atom. The number of carbonyl (C=O) groups excluding carboxylic acids is 1. The van der Waals surface area contributed by atoms with Crippen molar-refractivity contribution in [3.63, 3.8) is 0 Å². The van der Waals surface area contributed by atoms with Gasteiger partial charge in [0.05, 0.1) is 5.92 Å². The van der Waals surface area contributed by atoms with Crippen molar-refractivity contribution in [1.29, 1.82) is 0 Å². The first-order valence-corrected chi connectivity index (χ1v) is 4.57. The molecule has 1 unspecified atom stereocenters. The van der Waals surface area contributed by atoms with Gasteiger partial charge in [-0.3, -0.25) is 9.59 Å². The first-order chi connectivity index (χ1) is 6.09. The predicted molar refractivity (Wildman–Crippen MR) is 47.2 cm³/mol. The summed E-state index contributed by atoms with van der Waals surface area (Å²) in [5, 5.41) is 11.4. The minimum atomic E-state index is -0.805. The number of aliphatic carboxylic acids is 1. The molecule has 0 aromatic rings. The summed E-state index contributed by atoms with van der Waals surface area (Å²) in [6.45, 7) is 1.66. The van der Waals surface area contributed by atoms with Crippen LogP contribution in [0.4, 0.5) is 0 Å². The van der Waals surface area contributed by atoms with Gasteiger partial charge >= 0.3 is 5.97 Å². The second-order valence-corrected chi connectivity index (χ2v) is 3.65. The normalized spacial score (nSPS) is 17.9. The summed E-state index contributed by atoms with van der Waals surface area (Å²) >= 11 is 0. The number of carboxylic acid groups (broad SMARTS) is 1. The van der Waals surface area contributed by atoms with Gasteiger partial charge in [-0.1, -0.05) is 12.8 Å². The summed E-state index contributed by atoms with van der Waals surface area (Å²) in [7, 11) is 0. The average Bonchev–Trinajstić information content (AvgIpc) is 2.80. The quantitative estimate of drug-likeness (QED) is 0.660. The Bertz CT molecular complexity index is 211. The number of hydrogen-bond donors (Lipinski definition) is 2. The summed E-state index contributed by atoms with van der Waals surface area (Å²) < 4.78 is 0.